The van der Waals surface area contributed by atoms with E-state index in [1.165, 1.54) is 0 Å². The number of aliphatic hydroxyl groups excluding tert-OH is 1. The van der Waals surface area contributed by atoms with Crippen LogP contribution in [0.2, 0.25) is 0 Å². The largest absolute Gasteiger partial charge is 0.486 e. The first-order chi connectivity index (χ1) is 8.61. The molecule has 0 spiro atoms. The van der Waals surface area contributed by atoms with E-state index in [4.69, 9.17) is 20.3 Å². The maximum absolute atomic E-state index is 9.00. The van der Waals surface area contributed by atoms with Crippen molar-refractivity contribution in [2.24, 2.45) is 5.73 Å². The number of anilines is 1. The second-order valence-corrected chi connectivity index (χ2v) is 4.61. The molecule has 0 saturated carbocycles. The SMILES string of the molecule is Cc1cc2c(cc1N(C)CC(N)CO)OCCO2. The molecule has 0 aromatic heterocycles. The number of hydrogen-bond acceptors (Lipinski definition) is 5. The first-order valence-corrected chi connectivity index (χ1v) is 6.09. The highest BCUT2D eigenvalue weighted by Crippen LogP contribution is 2.36. The summed E-state index contributed by atoms with van der Waals surface area (Å²) in [5.41, 5.74) is 7.90. The van der Waals surface area contributed by atoms with Gasteiger partial charge in [0.1, 0.15) is 13.2 Å². The van der Waals surface area contributed by atoms with Gasteiger partial charge in [0.15, 0.2) is 11.5 Å². The fraction of sp³-hybridized carbons (Fsp3) is 0.538. The van der Waals surface area contributed by atoms with Gasteiger partial charge >= 0.3 is 0 Å². The normalized spacial score (nSPS) is 15.3. The van der Waals surface area contributed by atoms with Crippen molar-refractivity contribution in [2.75, 3.05) is 38.3 Å². The molecular formula is C13H20N2O3. The van der Waals surface area contributed by atoms with Crippen molar-refractivity contribution in [3.8, 4) is 11.5 Å². The van der Waals surface area contributed by atoms with Gasteiger partial charge in [-0.25, -0.2) is 0 Å². The molecule has 0 saturated heterocycles. The van der Waals surface area contributed by atoms with Gasteiger partial charge in [0.2, 0.25) is 0 Å². The number of hydrogen-bond donors (Lipinski definition) is 2. The number of aryl methyl sites for hydroxylation is 1. The van der Waals surface area contributed by atoms with Crippen LogP contribution in [0, 0.1) is 6.92 Å². The summed E-state index contributed by atoms with van der Waals surface area (Å²) in [6.07, 6.45) is 0. The Hall–Kier alpha value is -1.46. The van der Waals surface area contributed by atoms with E-state index in [9.17, 15) is 0 Å². The molecule has 3 N–H and O–H groups in total. The Morgan fingerprint density at radius 3 is 2.56 bits per heavy atom. The molecule has 0 bridgehead atoms. The van der Waals surface area contributed by atoms with Crippen molar-refractivity contribution in [3.63, 3.8) is 0 Å². The van der Waals surface area contributed by atoms with E-state index >= 15 is 0 Å². The van der Waals surface area contributed by atoms with Crippen molar-refractivity contribution in [3.05, 3.63) is 17.7 Å². The van der Waals surface area contributed by atoms with Crippen LogP contribution in [0.25, 0.3) is 0 Å². The Labute approximate surface area is 107 Å². The van der Waals surface area contributed by atoms with Crippen molar-refractivity contribution >= 4 is 5.69 Å². The lowest BCUT2D eigenvalue weighted by atomic mass is 10.1. The number of fused-ring (bicyclic) bond motifs is 1. The van der Waals surface area contributed by atoms with Crippen LogP contribution in [0.15, 0.2) is 12.1 Å². The van der Waals surface area contributed by atoms with Crippen LogP contribution in [-0.4, -0.2) is 44.6 Å². The molecule has 5 heteroatoms. The standard InChI is InChI=1S/C13H20N2O3/c1-9-5-12-13(18-4-3-17-12)6-11(9)15(2)7-10(14)8-16/h5-6,10,16H,3-4,7-8,14H2,1-2H3. The van der Waals surface area contributed by atoms with Crippen LogP contribution >= 0.6 is 0 Å². The molecule has 1 atom stereocenters. The summed E-state index contributed by atoms with van der Waals surface area (Å²) in [5.74, 6) is 1.56. The Morgan fingerprint density at radius 1 is 1.33 bits per heavy atom. The molecule has 1 unspecified atom stereocenters. The van der Waals surface area contributed by atoms with Gasteiger partial charge in [-0.15, -0.1) is 0 Å². The van der Waals surface area contributed by atoms with Gasteiger partial charge in [0.05, 0.1) is 6.61 Å². The molecule has 1 aliphatic rings. The fourth-order valence-corrected chi connectivity index (χ4v) is 2.10. The van der Waals surface area contributed by atoms with Crippen LogP contribution in [0.4, 0.5) is 5.69 Å². The lowest BCUT2D eigenvalue weighted by Crippen LogP contribution is -2.38. The van der Waals surface area contributed by atoms with Gasteiger partial charge in [-0.1, -0.05) is 0 Å². The van der Waals surface area contributed by atoms with Crippen LogP contribution in [0.3, 0.4) is 0 Å². The van der Waals surface area contributed by atoms with E-state index in [0.29, 0.717) is 19.8 Å². The van der Waals surface area contributed by atoms with Crippen molar-refractivity contribution < 1.29 is 14.6 Å². The Bertz CT molecular complexity index is 423. The number of likely N-dealkylation sites (N-methyl/N-ethyl adjacent to an activating group) is 1. The summed E-state index contributed by atoms with van der Waals surface area (Å²) in [5, 5.41) is 9.00. The number of aliphatic hydroxyl groups is 1. The van der Waals surface area contributed by atoms with E-state index in [0.717, 1.165) is 22.7 Å². The van der Waals surface area contributed by atoms with Gasteiger partial charge in [-0.2, -0.15) is 0 Å². The Morgan fingerprint density at radius 2 is 1.94 bits per heavy atom. The zero-order valence-corrected chi connectivity index (χ0v) is 10.8. The van der Waals surface area contributed by atoms with Gasteiger partial charge in [-0.3, -0.25) is 0 Å². The molecule has 1 heterocycles. The highest BCUT2D eigenvalue weighted by Gasteiger charge is 2.16. The van der Waals surface area contributed by atoms with Crippen molar-refractivity contribution in [1.82, 2.24) is 0 Å². The number of rotatable bonds is 4. The average molecular weight is 252 g/mol. The molecule has 0 radical (unpaired) electrons. The molecule has 0 amide bonds. The Balaban J connectivity index is 2.22. The maximum atomic E-state index is 9.00. The first-order valence-electron chi connectivity index (χ1n) is 6.09. The molecule has 2 rings (SSSR count). The fourth-order valence-electron chi connectivity index (χ4n) is 2.10. The highest BCUT2D eigenvalue weighted by molar-refractivity contribution is 5.61. The van der Waals surface area contributed by atoms with Gasteiger partial charge in [-0.05, 0) is 18.6 Å². The van der Waals surface area contributed by atoms with Crippen LogP contribution in [-0.2, 0) is 0 Å². The number of nitrogens with zero attached hydrogens (tertiary/aromatic N) is 1. The minimum Gasteiger partial charge on any atom is -0.486 e. The van der Waals surface area contributed by atoms with E-state index < -0.39 is 0 Å². The van der Waals surface area contributed by atoms with Crippen LogP contribution in [0.5, 0.6) is 11.5 Å². The second-order valence-electron chi connectivity index (χ2n) is 4.61. The van der Waals surface area contributed by atoms with E-state index in [1.807, 2.05) is 31.0 Å². The smallest absolute Gasteiger partial charge is 0.163 e. The summed E-state index contributed by atoms with van der Waals surface area (Å²) in [7, 11) is 1.95. The molecule has 18 heavy (non-hydrogen) atoms. The predicted octanol–water partition coefficient (Wildman–Crippen LogP) is 0.522. The third-order valence-electron chi connectivity index (χ3n) is 3.01. The number of benzene rings is 1. The third-order valence-corrected chi connectivity index (χ3v) is 3.01. The molecule has 0 aliphatic carbocycles. The Kier molecular flexibility index (Phi) is 3.93. The van der Waals surface area contributed by atoms with Gasteiger partial charge < -0.3 is 25.2 Å². The van der Waals surface area contributed by atoms with E-state index in [-0.39, 0.29) is 12.6 Å². The summed E-state index contributed by atoms with van der Waals surface area (Å²) in [6, 6.07) is 3.70. The topological polar surface area (TPSA) is 68.0 Å². The number of nitrogens with two attached hydrogens (primary N) is 1. The van der Waals surface area contributed by atoms with Crippen LogP contribution < -0.4 is 20.1 Å². The third kappa shape index (κ3) is 2.68. The summed E-state index contributed by atoms with van der Waals surface area (Å²) in [6.45, 7) is 3.77. The zero-order chi connectivity index (χ0) is 13.1. The molecule has 1 aliphatic heterocycles. The predicted molar refractivity (Wildman–Crippen MR) is 70.5 cm³/mol. The number of ether oxygens (including phenoxy) is 2. The lowest BCUT2D eigenvalue weighted by Gasteiger charge is -2.27. The van der Waals surface area contributed by atoms with Crippen molar-refractivity contribution in [1.29, 1.82) is 0 Å². The zero-order valence-electron chi connectivity index (χ0n) is 10.8. The first kappa shape index (κ1) is 13.0. The summed E-state index contributed by atoms with van der Waals surface area (Å²) >= 11 is 0. The summed E-state index contributed by atoms with van der Waals surface area (Å²) in [4.78, 5) is 2.02. The molecule has 100 valence electrons. The average Bonchev–Trinajstić information content (AvgIpc) is 2.37. The minimum atomic E-state index is -0.248. The summed E-state index contributed by atoms with van der Waals surface area (Å²) < 4.78 is 11.1. The lowest BCUT2D eigenvalue weighted by molar-refractivity contribution is 0.171. The van der Waals surface area contributed by atoms with E-state index in [2.05, 4.69) is 0 Å². The molecule has 5 nitrogen and oxygen atoms in total. The quantitative estimate of drug-likeness (QED) is 0.818. The monoisotopic (exact) mass is 252 g/mol. The molecule has 0 fully saturated rings. The van der Waals surface area contributed by atoms with Crippen LogP contribution in [0.1, 0.15) is 5.56 Å². The minimum absolute atomic E-state index is 0.0199. The van der Waals surface area contributed by atoms with Crippen molar-refractivity contribution in [2.45, 2.75) is 13.0 Å². The molecular weight excluding hydrogens is 232 g/mol. The molecule has 1 aromatic carbocycles. The maximum Gasteiger partial charge on any atom is 0.163 e. The highest BCUT2D eigenvalue weighted by atomic mass is 16.6. The van der Waals surface area contributed by atoms with Gasteiger partial charge in [0, 0.05) is 31.4 Å². The van der Waals surface area contributed by atoms with Gasteiger partial charge in [0.25, 0.3) is 0 Å². The second kappa shape index (κ2) is 5.46. The molecule has 1 aromatic rings. The van der Waals surface area contributed by atoms with E-state index in [1.54, 1.807) is 0 Å².